The zero-order valence-corrected chi connectivity index (χ0v) is 14.7. The number of hydrogen-bond donors (Lipinski definition) is 2. The van der Waals surface area contributed by atoms with Gasteiger partial charge in [-0.3, -0.25) is 4.79 Å². The number of hydrogen-bond acceptors (Lipinski definition) is 6. The topological polar surface area (TPSA) is 68.0 Å². The number of carbonyl (C=O) groups is 1. The van der Waals surface area contributed by atoms with E-state index in [1.54, 1.807) is 11.3 Å². The lowest BCUT2D eigenvalue weighted by Gasteiger charge is -2.21. The smallest absolute Gasteiger partial charge is 0.230 e. The molecule has 3 N–H and O–H groups in total. The summed E-state index contributed by atoms with van der Waals surface area (Å²) < 4.78 is 1.01. The molecule has 0 bridgehead atoms. The number of rotatable bonds is 6. The van der Waals surface area contributed by atoms with Gasteiger partial charge in [0.25, 0.3) is 0 Å². The van der Waals surface area contributed by atoms with Crippen LogP contribution >= 0.6 is 34.4 Å². The second-order valence-corrected chi connectivity index (χ2v) is 8.27. The number of anilines is 1. The van der Waals surface area contributed by atoms with E-state index in [1.165, 1.54) is 28.0 Å². The Morgan fingerprint density at radius 1 is 1.52 bits per heavy atom. The molecule has 1 amide bonds. The second-order valence-electron chi connectivity index (χ2n) is 5.02. The summed E-state index contributed by atoms with van der Waals surface area (Å²) in [5, 5.41) is 5.71. The first-order valence-corrected chi connectivity index (χ1v) is 9.34. The van der Waals surface area contributed by atoms with E-state index in [4.69, 9.17) is 5.73 Å². The van der Waals surface area contributed by atoms with E-state index in [0.717, 1.165) is 9.90 Å². The number of thiazole rings is 1. The lowest BCUT2D eigenvalue weighted by atomic mass is 10.0. The van der Waals surface area contributed by atoms with Crippen LogP contribution in [0, 0.1) is 12.8 Å². The third-order valence-electron chi connectivity index (χ3n) is 2.94. The van der Waals surface area contributed by atoms with Crippen molar-refractivity contribution >= 4 is 45.5 Å². The SMILES string of the molecule is Cc1nc(N)sc1SCC(=O)NC(c1cccs1)C(C)C. The van der Waals surface area contributed by atoms with E-state index < -0.39 is 0 Å². The van der Waals surface area contributed by atoms with Gasteiger partial charge in [-0.25, -0.2) is 4.98 Å². The number of nitrogen functional groups attached to an aromatic ring is 1. The predicted octanol–water partition coefficient (Wildman–Crippen LogP) is 3.70. The molecule has 0 spiro atoms. The minimum atomic E-state index is 0.0403. The van der Waals surface area contributed by atoms with Crippen LogP contribution in [0.4, 0.5) is 5.13 Å². The number of nitrogens with two attached hydrogens (primary N) is 1. The van der Waals surface area contributed by atoms with Crippen molar-refractivity contribution in [3.8, 4) is 0 Å². The molecule has 2 aromatic rings. The van der Waals surface area contributed by atoms with E-state index >= 15 is 0 Å². The molecule has 1 unspecified atom stereocenters. The molecular weight excluding hydrogens is 322 g/mol. The summed E-state index contributed by atoms with van der Waals surface area (Å²) in [5.41, 5.74) is 6.56. The molecule has 0 aliphatic rings. The number of nitrogens with one attached hydrogen (secondary N) is 1. The van der Waals surface area contributed by atoms with Crippen molar-refractivity contribution in [2.24, 2.45) is 5.92 Å². The van der Waals surface area contributed by atoms with Crippen molar-refractivity contribution in [2.75, 3.05) is 11.5 Å². The molecule has 0 fully saturated rings. The first kappa shape index (κ1) is 16.3. The number of aromatic nitrogens is 1. The third kappa shape index (κ3) is 4.46. The van der Waals surface area contributed by atoms with Gasteiger partial charge in [-0.1, -0.05) is 31.3 Å². The highest BCUT2D eigenvalue weighted by atomic mass is 32.2. The fraction of sp³-hybridized carbons (Fsp3) is 0.429. The first-order chi connectivity index (χ1) is 9.97. The lowest BCUT2D eigenvalue weighted by molar-refractivity contribution is -0.119. The molecule has 21 heavy (non-hydrogen) atoms. The molecule has 0 radical (unpaired) electrons. The van der Waals surface area contributed by atoms with Gasteiger partial charge < -0.3 is 11.1 Å². The average Bonchev–Trinajstić information content (AvgIpc) is 3.03. The van der Waals surface area contributed by atoms with Crippen molar-refractivity contribution in [3.05, 3.63) is 28.1 Å². The Hall–Kier alpha value is -1.05. The van der Waals surface area contributed by atoms with Gasteiger partial charge in [-0.2, -0.15) is 0 Å². The van der Waals surface area contributed by atoms with Gasteiger partial charge in [0, 0.05) is 4.88 Å². The van der Waals surface area contributed by atoms with Gasteiger partial charge in [0.2, 0.25) is 5.91 Å². The van der Waals surface area contributed by atoms with E-state index in [0.29, 0.717) is 16.8 Å². The van der Waals surface area contributed by atoms with Crippen molar-refractivity contribution < 1.29 is 4.79 Å². The van der Waals surface area contributed by atoms with Crippen LogP contribution in [0.5, 0.6) is 0 Å². The van der Waals surface area contributed by atoms with E-state index in [9.17, 15) is 4.79 Å². The quantitative estimate of drug-likeness (QED) is 0.786. The monoisotopic (exact) mass is 341 g/mol. The Bertz CT molecular complexity index is 593. The van der Waals surface area contributed by atoms with Crippen LogP contribution in [-0.2, 0) is 4.79 Å². The Kier molecular flexibility index (Phi) is 5.66. The standard InChI is InChI=1S/C14H19N3OS3/c1-8(2)12(10-5-4-6-19-10)17-11(18)7-20-13-9(3)16-14(15)21-13/h4-6,8,12H,7H2,1-3H3,(H2,15,16)(H,17,18). The molecule has 2 rings (SSSR count). The highest BCUT2D eigenvalue weighted by Crippen LogP contribution is 2.31. The van der Waals surface area contributed by atoms with Gasteiger partial charge in [0.15, 0.2) is 5.13 Å². The van der Waals surface area contributed by atoms with Gasteiger partial charge in [-0.15, -0.1) is 23.1 Å². The second kappa shape index (κ2) is 7.29. The number of aryl methyl sites for hydroxylation is 1. The molecule has 0 aliphatic carbocycles. The lowest BCUT2D eigenvalue weighted by Crippen LogP contribution is -2.32. The summed E-state index contributed by atoms with van der Waals surface area (Å²) in [7, 11) is 0. The average molecular weight is 342 g/mol. The Balaban J connectivity index is 1.92. The highest BCUT2D eigenvalue weighted by molar-refractivity contribution is 8.01. The third-order valence-corrected chi connectivity index (χ3v) is 6.24. The van der Waals surface area contributed by atoms with E-state index in [2.05, 4.69) is 30.2 Å². The van der Waals surface area contributed by atoms with Crippen LogP contribution in [0.1, 0.15) is 30.5 Å². The molecule has 7 heteroatoms. The van der Waals surface area contributed by atoms with Gasteiger partial charge in [-0.05, 0) is 24.3 Å². The largest absolute Gasteiger partial charge is 0.375 e. The molecular formula is C14H19N3OS3. The molecule has 1 atom stereocenters. The number of thiophene rings is 1. The summed E-state index contributed by atoms with van der Waals surface area (Å²) in [6.07, 6.45) is 0. The fourth-order valence-electron chi connectivity index (χ4n) is 1.92. The number of nitrogens with zero attached hydrogens (tertiary/aromatic N) is 1. The first-order valence-electron chi connectivity index (χ1n) is 6.66. The van der Waals surface area contributed by atoms with Crippen molar-refractivity contribution in [1.82, 2.24) is 10.3 Å². The maximum Gasteiger partial charge on any atom is 0.230 e. The van der Waals surface area contributed by atoms with Gasteiger partial charge in [0.05, 0.1) is 21.7 Å². The maximum atomic E-state index is 12.2. The molecule has 0 aliphatic heterocycles. The normalized spacial score (nSPS) is 12.6. The zero-order valence-electron chi connectivity index (χ0n) is 12.3. The number of thioether (sulfide) groups is 1. The summed E-state index contributed by atoms with van der Waals surface area (Å²) in [6, 6.07) is 4.15. The van der Waals surface area contributed by atoms with Crippen LogP contribution in [-0.4, -0.2) is 16.6 Å². The van der Waals surface area contributed by atoms with Crippen molar-refractivity contribution in [3.63, 3.8) is 0 Å². The van der Waals surface area contributed by atoms with Crippen LogP contribution < -0.4 is 11.1 Å². The predicted molar refractivity (Wildman–Crippen MR) is 92.0 cm³/mol. The van der Waals surface area contributed by atoms with Crippen molar-refractivity contribution in [1.29, 1.82) is 0 Å². The van der Waals surface area contributed by atoms with Crippen LogP contribution in [0.2, 0.25) is 0 Å². The van der Waals surface area contributed by atoms with E-state index in [1.807, 2.05) is 18.4 Å². The molecule has 2 aromatic heterocycles. The molecule has 0 aromatic carbocycles. The van der Waals surface area contributed by atoms with E-state index in [-0.39, 0.29) is 11.9 Å². The highest BCUT2D eigenvalue weighted by Gasteiger charge is 2.19. The molecule has 0 saturated carbocycles. The molecule has 114 valence electrons. The Labute approximate surface area is 137 Å². The minimum absolute atomic E-state index is 0.0403. The van der Waals surface area contributed by atoms with Crippen LogP contribution in [0.25, 0.3) is 0 Å². The zero-order chi connectivity index (χ0) is 15.4. The Morgan fingerprint density at radius 3 is 2.81 bits per heavy atom. The number of amides is 1. The molecule has 0 saturated heterocycles. The maximum absolute atomic E-state index is 12.2. The Morgan fingerprint density at radius 2 is 2.29 bits per heavy atom. The summed E-state index contributed by atoms with van der Waals surface area (Å²) in [5.74, 6) is 0.786. The van der Waals surface area contributed by atoms with Gasteiger partial charge >= 0.3 is 0 Å². The van der Waals surface area contributed by atoms with Crippen molar-refractivity contribution in [2.45, 2.75) is 31.0 Å². The fourth-order valence-corrected chi connectivity index (χ4v) is 4.70. The van der Waals surface area contributed by atoms with Crippen LogP contribution in [0.15, 0.2) is 21.7 Å². The summed E-state index contributed by atoms with van der Waals surface area (Å²) >= 11 is 4.60. The number of carbonyl (C=O) groups excluding carboxylic acids is 1. The minimum Gasteiger partial charge on any atom is -0.375 e. The molecule has 2 heterocycles. The van der Waals surface area contributed by atoms with Gasteiger partial charge in [0.1, 0.15) is 0 Å². The summed E-state index contributed by atoms with van der Waals surface area (Å²) in [6.45, 7) is 6.15. The summed E-state index contributed by atoms with van der Waals surface area (Å²) in [4.78, 5) is 17.5. The molecule has 4 nitrogen and oxygen atoms in total. The van der Waals surface area contributed by atoms with Crippen LogP contribution in [0.3, 0.4) is 0 Å².